The topological polar surface area (TPSA) is 78.6 Å². The molecule has 0 aromatic rings. The minimum absolute atomic E-state index is 0.450. The van der Waals surface area contributed by atoms with Crippen LogP contribution in [-0.4, -0.2) is 49.3 Å². The Balaban J connectivity index is 3.16. The molecule has 0 bridgehead atoms. The van der Waals surface area contributed by atoms with Crippen LogP contribution in [0.25, 0.3) is 0 Å². The summed E-state index contributed by atoms with van der Waals surface area (Å²) in [5, 5.41) is 10.5. The Labute approximate surface area is 66.2 Å². The third kappa shape index (κ3) is 7.08. The lowest BCUT2D eigenvalue weighted by Crippen LogP contribution is -2.34. The van der Waals surface area contributed by atoms with Gasteiger partial charge in [0.05, 0.1) is 0 Å². The van der Waals surface area contributed by atoms with Crippen LogP contribution in [0, 0.1) is 0 Å². The smallest absolute Gasteiger partial charge is 0.404 e. The van der Waals surface area contributed by atoms with E-state index in [1.807, 2.05) is 11.9 Å². The Morgan fingerprint density at radius 2 is 2.27 bits per heavy atom. The van der Waals surface area contributed by atoms with Crippen molar-refractivity contribution < 1.29 is 9.90 Å². The molecular formula is C6H15N3O2. The highest BCUT2D eigenvalue weighted by Crippen LogP contribution is 1.76. The molecule has 0 aliphatic carbocycles. The van der Waals surface area contributed by atoms with Crippen molar-refractivity contribution in [2.45, 2.75) is 0 Å². The van der Waals surface area contributed by atoms with Gasteiger partial charge in [-0.1, -0.05) is 0 Å². The molecule has 0 saturated heterocycles. The van der Waals surface area contributed by atoms with Crippen LogP contribution < -0.4 is 11.1 Å². The minimum Gasteiger partial charge on any atom is -0.465 e. The predicted molar refractivity (Wildman–Crippen MR) is 42.6 cm³/mol. The van der Waals surface area contributed by atoms with Crippen molar-refractivity contribution in [3.05, 3.63) is 0 Å². The summed E-state index contributed by atoms with van der Waals surface area (Å²) >= 11 is 0. The van der Waals surface area contributed by atoms with Crippen LogP contribution in [0.15, 0.2) is 0 Å². The number of nitrogens with two attached hydrogens (primary N) is 1. The summed E-state index contributed by atoms with van der Waals surface area (Å²) in [6.45, 7) is 2.54. The lowest BCUT2D eigenvalue weighted by Gasteiger charge is -2.14. The zero-order valence-electron chi connectivity index (χ0n) is 6.71. The Morgan fingerprint density at radius 1 is 1.64 bits per heavy atom. The van der Waals surface area contributed by atoms with Crippen molar-refractivity contribution in [1.29, 1.82) is 0 Å². The first-order valence-electron chi connectivity index (χ1n) is 3.52. The second-order valence-electron chi connectivity index (χ2n) is 2.32. The number of hydrogen-bond donors (Lipinski definition) is 3. The maximum absolute atomic E-state index is 9.98. The number of hydrogen-bond acceptors (Lipinski definition) is 3. The average Bonchev–Trinajstić information content (AvgIpc) is 1.87. The molecule has 0 aromatic carbocycles. The van der Waals surface area contributed by atoms with Gasteiger partial charge in [0.2, 0.25) is 0 Å². The molecule has 1 amide bonds. The Bertz CT molecular complexity index is 118. The number of nitrogens with zero attached hydrogens (tertiary/aromatic N) is 1. The maximum Gasteiger partial charge on any atom is 0.404 e. The average molecular weight is 161 g/mol. The van der Waals surface area contributed by atoms with Crippen LogP contribution in [0.4, 0.5) is 4.79 Å². The molecule has 4 N–H and O–H groups in total. The molecule has 0 aromatic heterocycles. The van der Waals surface area contributed by atoms with Crippen molar-refractivity contribution in [1.82, 2.24) is 10.2 Å². The molecule has 0 spiro atoms. The summed E-state index contributed by atoms with van der Waals surface area (Å²) in [6, 6.07) is 0. The van der Waals surface area contributed by atoms with E-state index in [0.29, 0.717) is 19.6 Å². The Hall–Kier alpha value is -0.810. The maximum atomic E-state index is 9.98. The lowest BCUT2D eigenvalue weighted by molar-refractivity contribution is 0.192. The highest BCUT2D eigenvalue weighted by molar-refractivity contribution is 5.64. The summed E-state index contributed by atoms with van der Waals surface area (Å²) in [6.07, 6.45) is -0.980. The van der Waals surface area contributed by atoms with Crippen molar-refractivity contribution >= 4 is 6.09 Å². The van der Waals surface area contributed by atoms with Crippen LogP contribution in [0.5, 0.6) is 0 Å². The second-order valence-corrected chi connectivity index (χ2v) is 2.32. The molecule has 0 atom stereocenters. The zero-order valence-corrected chi connectivity index (χ0v) is 6.71. The fraction of sp³-hybridized carbons (Fsp3) is 0.833. The summed E-state index contributed by atoms with van der Waals surface area (Å²) < 4.78 is 0. The van der Waals surface area contributed by atoms with E-state index in [1.165, 1.54) is 0 Å². The van der Waals surface area contributed by atoms with Crippen LogP contribution in [0.1, 0.15) is 0 Å². The zero-order chi connectivity index (χ0) is 8.69. The van der Waals surface area contributed by atoms with Crippen molar-refractivity contribution in [2.75, 3.05) is 33.2 Å². The quantitative estimate of drug-likeness (QED) is 0.490. The normalized spacial score (nSPS) is 10.1. The number of nitrogens with one attached hydrogen (secondary N) is 1. The molecule has 11 heavy (non-hydrogen) atoms. The molecule has 0 radical (unpaired) electrons. The SMILES string of the molecule is CN(CCN)CCNC(=O)O. The number of carbonyl (C=O) groups is 1. The second kappa shape index (κ2) is 5.94. The van der Waals surface area contributed by atoms with Gasteiger partial charge in [0.1, 0.15) is 0 Å². The number of amides is 1. The number of rotatable bonds is 5. The predicted octanol–water partition coefficient (Wildman–Crippen LogP) is -0.855. The minimum atomic E-state index is -0.980. The monoisotopic (exact) mass is 161 g/mol. The first-order valence-corrected chi connectivity index (χ1v) is 3.52. The van der Waals surface area contributed by atoms with Gasteiger partial charge in [0.15, 0.2) is 0 Å². The largest absolute Gasteiger partial charge is 0.465 e. The number of carboxylic acid groups (broad SMARTS) is 1. The summed E-state index contributed by atoms with van der Waals surface area (Å²) in [7, 11) is 1.90. The molecule has 0 aliphatic heterocycles. The molecule has 0 aliphatic rings. The van der Waals surface area contributed by atoms with Crippen molar-refractivity contribution in [2.24, 2.45) is 5.73 Å². The van der Waals surface area contributed by atoms with E-state index in [4.69, 9.17) is 10.8 Å². The fourth-order valence-electron chi connectivity index (χ4n) is 0.686. The van der Waals surface area contributed by atoms with E-state index < -0.39 is 6.09 Å². The molecular weight excluding hydrogens is 146 g/mol. The van der Waals surface area contributed by atoms with E-state index in [9.17, 15) is 4.79 Å². The van der Waals surface area contributed by atoms with E-state index in [1.54, 1.807) is 0 Å². The highest BCUT2D eigenvalue weighted by Gasteiger charge is 1.97. The Kier molecular flexibility index (Phi) is 5.50. The third-order valence-electron chi connectivity index (χ3n) is 1.28. The van der Waals surface area contributed by atoms with Gasteiger partial charge >= 0.3 is 6.09 Å². The van der Waals surface area contributed by atoms with E-state index in [-0.39, 0.29) is 0 Å². The molecule has 5 heteroatoms. The molecule has 0 unspecified atom stereocenters. The molecule has 66 valence electrons. The number of likely N-dealkylation sites (N-methyl/N-ethyl adjacent to an activating group) is 1. The van der Waals surface area contributed by atoms with Crippen molar-refractivity contribution in [3.8, 4) is 0 Å². The molecule has 5 nitrogen and oxygen atoms in total. The molecule has 0 rings (SSSR count). The first kappa shape index (κ1) is 10.2. The molecule has 0 fully saturated rings. The van der Waals surface area contributed by atoms with Gasteiger partial charge in [0.25, 0.3) is 0 Å². The van der Waals surface area contributed by atoms with Gasteiger partial charge in [-0.3, -0.25) is 0 Å². The van der Waals surface area contributed by atoms with E-state index >= 15 is 0 Å². The van der Waals surface area contributed by atoms with E-state index in [2.05, 4.69) is 5.32 Å². The first-order chi connectivity index (χ1) is 5.16. The summed E-state index contributed by atoms with van der Waals surface area (Å²) in [5.74, 6) is 0. The lowest BCUT2D eigenvalue weighted by atomic mass is 10.5. The van der Waals surface area contributed by atoms with Gasteiger partial charge in [-0.05, 0) is 7.05 Å². The van der Waals surface area contributed by atoms with Gasteiger partial charge in [-0.2, -0.15) is 0 Å². The standard InChI is InChI=1S/C6H15N3O2/c1-9(4-2-7)5-3-8-6(10)11/h8H,2-5,7H2,1H3,(H,10,11). The fourth-order valence-corrected chi connectivity index (χ4v) is 0.686. The highest BCUT2D eigenvalue weighted by atomic mass is 16.4. The van der Waals surface area contributed by atoms with Gasteiger partial charge in [-0.15, -0.1) is 0 Å². The van der Waals surface area contributed by atoms with Crippen molar-refractivity contribution in [3.63, 3.8) is 0 Å². The Morgan fingerprint density at radius 3 is 2.73 bits per heavy atom. The summed E-state index contributed by atoms with van der Waals surface area (Å²) in [5.41, 5.74) is 5.28. The summed E-state index contributed by atoms with van der Waals surface area (Å²) in [4.78, 5) is 12.0. The van der Waals surface area contributed by atoms with Crippen LogP contribution >= 0.6 is 0 Å². The van der Waals surface area contributed by atoms with Gasteiger partial charge in [0, 0.05) is 26.2 Å². The molecule has 0 saturated carbocycles. The molecule has 0 heterocycles. The van der Waals surface area contributed by atoms with Crippen LogP contribution in [0.3, 0.4) is 0 Å². The van der Waals surface area contributed by atoms with Gasteiger partial charge < -0.3 is 21.1 Å². The third-order valence-corrected chi connectivity index (χ3v) is 1.28. The van der Waals surface area contributed by atoms with Crippen LogP contribution in [0.2, 0.25) is 0 Å². The van der Waals surface area contributed by atoms with Gasteiger partial charge in [-0.25, -0.2) is 4.79 Å². The van der Waals surface area contributed by atoms with Crippen LogP contribution in [-0.2, 0) is 0 Å². The van der Waals surface area contributed by atoms with E-state index in [0.717, 1.165) is 6.54 Å².